The minimum Gasteiger partial charge on any atom is -0.494 e. The second-order valence-electron chi connectivity index (χ2n) is 11.9. The summed E-state index contributed by atoms with van der Waals surface area (Å²) in [5.74, 6) is 2.19. The molecule has 0 N–H and O–H groups in total. The van der Waals surface area contributed by atoms with Gasteiger partial charge in [-0.2, -0.15) is 0 Å². The highest BCUT2D eigenvalue weighted by atomic mass is 35.5. The number of ether oxygens (including phenoxy) is 1. The number of anilines is 1. The van der Waals surface area contributed by atoms with Crippen LogP contribution in [0.5, 0.6) is 5.75 Å². The van der Waals surface area contributed by atoms with Crippen molar-refractivity contribution in [3.63, 3.8) is 0 Å². The summed E-state index contributed by atoms with van der Waals surface area (Å²) in [4.78, 5) is 7.10. The lowest BCUT2D eigenvalue weighted by molar-refractivity contribution is 0.309. The molecule has 0 saturated carbocycles. The van der Waals surface area contributed by atoms with Gasteiger partial charge in [0.15, 0.2) is 5.00 Å². The number of aryl methyl sites for hydroxylation is 1. The lowest BCUT2D eigenvalue weighted by Crippen LogP contribution is -2.34. The molecule has 0 bridgehead atoms. The molecule has 0 saturated heterocycles. The van der Waals surface area contributed by atoms with E-state index in [4.69, 9.17) is 16.3 Å². The van der Waals surface area contributed by atoms with Crippen molar-refractivity contribution in [1.82, 2.24) is 4.98 Å². The van der Waals surface area contributed by atoms with Gasteiger partial charge in [0.05, 0.1) is 23.0 Å². The first-order chi connectivity index (χ1) is 21.9. The molecule has 7 nitrogen and oxygen atoms in total. The second-order valence-corrected chi connectivity index (χ2v) is 13.2. The highest BCUT2D eigenvalue weighted by Gasteiger charge is 2.18. The average Bonchev–Trinajstić information content (AvgIpc) is 3.41. The number of hydrogen-bond donors (Lipinski definition) is 0. The first kappa shape index (κ1) is 36.6. The zero-order valence-corrected chi connectivity index (χ0v) is 29.8. The summed E-state index contributed by atoms with van der Waals surface area (Å²) in [5.41, 5.74) is 3.31. The summed E-state index contributed by atoms with van der Waals surface area (Å²) in [6.07, 6.45) is 12.1. The maximum atomic E-state index is 6.81. The first-order valence-electron chi connectivity index (χ1n) is 17.0. The van der Waals surface area contributed by atoms with E-state index in [1.165, 1.54) is 62.7 Å². The molecule has 0 aliphatic carbocycles. The number of nitrogens with zero attached hydrogens (tertiary/aromatic N) is 6. The van der Waals surface area contributed by atoms with Gasteiger partial charge in [-0.1, -0.05) is 103 Å². The Kier molecular flexibility index (Phi) is 16.5. The van der Waals surface area contributed by atoms with E-state index in [-0.39, 0.29) is 0 Å². The van der Waals surface area contributed by atoms with Gasteiger partial charge in [0.2, 0.25) is 5.13 Å². The molecule has 3 rings (SSSR count). The van der Waals surface area contributed by atoms with Crippen LogP contribution < -0.4 is 9.64 Å². The Morgan fingerprint density at radius 2 is 1.44 bits per heavy atom. The van der Waals surface area contributed by atoms with Crippen molar-refractivity contribution in [3.05, 3.63) is 53.2 Å². The lowest BCUT2D eigenvalue weighted by Gasteiger charge is -2.32. The van der Waals surface area contributed by atoms with E-state index in [1.807, 2.05) is 37.3 Å². The Balaban J connectivity index is 1.71. The van der Waals surface area contributed by atoms with Crippen LogP contribution in [0.4, 0.5) is 27.2 Å². The molecule has 246 valence electrons. The molecule has 2 atom stereocenters. The third kappa shape index (κ3) is 12.5. The lowest BCUT2D eigenvalue weighted by atomic mass is 9.95. The third-order valence-electron chi connectivity index (χ3n) is 8.20. The number of thiazole rings is 1. The smallest absolute Gasteiger partial charge is 0.232 e. The van der Waals surface area contributed by atoms with Crippen molar-refractivity contribution in [3.8, 4) is 5.75 Å². The average molecular weight is 653 g/mol. The zero-order valence-electron chi connectivity index (χ0n) is 28.3. The maximum absolute atomic E-state index is 6.81. The van der Waals surface area contributed by atoms with Crippen LogP contribution in [0.25, 0.3) is 0 Å². The van der Waals surface area contributed by atoms with Gasteiger partial charge in [0.1, 0.15) is 11.4 Å². The van der Waals surface area contributed by atoms with Crippen LogP contribution in [0.2, 0.25) is 5.02 Å². The molecule has 2 aromatic carbocycles. The molecule has 0 aliphatic rings. The third-order valence-corrected chi connectivity index (χ3v) is 9.43. The van der Waals surface area contributed by atoms with Gasteiger partial charge in [0, 0.05) is 18.8 Å². The summed E-state index contributed by atoms with van der Waals surface area (Å²) in [6.45, 7) is 16.1. The molecule has 2 unspecified atom stereocenters. The molecule has 0 spiro atoms. The van der Waals surface area contributed by atoms with Crippen LogP contribution in [0.15, 0.2) is 62.9 Å². The number of azo groups is 2. The van der Waals surface area contributed by atoms with Gasteiger partial charge in [-0.3, -0.25) is 0 Å². The Labute approximate surface area is 280 Å². The molecular formula is C36H53ClN6OS. The number of rotatable bonds is 21. The van der Waals surface area contributed by atoms with E-state index < -0.39 is 0 Å². The van der Waals surface area contributed by atoms with Crippen LogP contribution >= 0.6 is 22.9 Å². The van der Waals surface area contributed by atoms with E-state index in [9.17, 15) is 0 Å². The van der Waals surface area contributed by atoms with Crippen LogP contribution in [-0.2, 0) is 0 Å². The first-order valence-corrected chi connectivity index (χ1v) is 18.2. The Hall–Kier alpha value is -2.84. The predicted octanol–water partition coefficient (Wildman–Crippen LogP) is 13.4. The number of halogens is 1. The van der Waals surface area contributed by atoms with E-state index in [0.29, 0.717) is 32.7 Å². The molecule has 45 heavy (non-hydrogen) atoms. The highest BCUT2D eigenvalue weighted by Crippen LogP contribution is 2.37. The van der Waals surface area contributed by atoms with Crippen molar-refractivity contribution < 1.29 is 4.74 Å². The van der Waals surface area contributed by atoms with Crippen LogP contribution in [0, 0.1) is 18.8 Å². The minimum atomic E-state index is 0.520. The van der Waals surface area contributed by atoms with Gasteiger partial charge in [-0.05, 0) is 80.5 Å². The normalized spacial score (nSPS) is 13.1. The fourth-order valence-electron chi connectivity index (χ4n) is 5.17. The SMILES string of the molecule is CCCCOc1ccc(N=Nc2sc(N=Nc3ccc(N(CC(CC)CCCC)CC(CC)CCCC)cc3Cl)nc2C)cc1. The van der Waals surface area contributed by atoms with Gasteiger partial charge in [-0.15, -0.1) is 20.5 Å². The largest absolute Gasteiger partial charge is 0.494 e. The minimum absolute atomic E-state index is 0.520. The molecular weight excluding hydrogens is 600 g/mol. The van der Waals surface area contributed by atoms with Gasteiger partial charge in [-0.25, -0.2) is 4.98 Å². The van der Waals surface area contributed by atoms with E-state index in [1.54, 1.807) is 0 Å². The molecule has 1 heterocycles. The Morgan fingerprint density at radius 3 is 2.02 bits per heavy atom. The van der Waals surface area contributed by atoms with Gasteiger partial charge < -0.3 is 9.64 Å². The van der Waals surface area contributed by atoms with Crippen molar-refractivity contribution >= 4 is 50.1 Å². The van der Waals surface area contributed by atoms with Crippen LogP contribution in [0.1, 0.15) is 105 Å². The Bertz CT molecular complexity index is 1310. The van der Waals surface area contributed by atoms with Crippen molar-refractivity contribution in [2.45, 2.75) is 106 Å². The summed E-state index contributed by atoms with van der Waals surface area (Å²) in [5, 5.41) is 19.5. The monoisotopic (exact) mass is 652 g/mol. The standard InChI is InChI=1S/C36H53ClN6OS/c1-7-12-15-28(10-4)25-43(26-29(11-5)16-13-8-2)31-19-22-34(33(37)24-31)40-42-36-38-27(6)35(45-36)41-39-30-17-20-32(21-18-30)44-23-14-9-3/h17-22,24,28-29H,7-16,23,25-26H2,1-6H3. The van der Waals surface area contributed by atoms with Crippen LogP contribution in [-0.4, -0.2) is 24.7 Å². The fraction of sp³-hybridized carbons (Fsp3) is 0.583. The highest BCUT2D eigenvalue weighted by molar-refractivity contribution is 7.19. The Morgan fingerprint density at radius 1 is 0.800 bits per heavy atom. The molecule has 0 radical (unpaired) electrons. The number of aromatic nitrogens is 1. The van der Waals surface area contributed by atoms with Gasteiger partial charge >= 0.3 is 0 Å². The summed E-state index contributed by atoms with van der Waals surface area (Å²) < 4.78 is 5.73. The molecule has 0 aliphatic heterocycles. The maximum Gasteiger partial charge on any atom is 0.232 e. The van der Waals surface area contributed by atoms with E-state index >= 15 is 0 Å². The predicted molar refractivity (Wildman–Crippen MR) is 192 cm³/mol. The molecule has 9 heteroatoms. The quantitative estimate of drug-likeness (QED) is 0.0848. The fourth-order valence-corrected chi connectivity index (χ4v) is 6.09. The summed E-state index contributed by atoms with van der Waals surface area (Å²) >= 11 is 8.16. The summed E-state index contributed by atoms with van der Waals surface area (Å²) in [6, 6.07) is 13.8. The topological polar surface area (TPSA) is 74.8 Å². The van der Waals surface area contributed by atoms with Crippen molar-refractivity contribution in [2.24, 2.45) is 32.3 Å². The number of benzene rings is 2. The molecule has 1 aromatic heterocycles. The van der Waals surface area contributed by atoms with E-state index in [0.717, 1.165) is 55.4 Å². The number of unbranched alkanes of at least 4 members (excludes halogenated alkanes) is 3. The summed E-state index contributed by atoms with van der Waals surface area (Å²) in [7, 11) is 0. The molecule has 3 aromatic rings. The second kappa shape index (κ2) is 20.3. The van der Waals surface area contributed by atoms with Crippen molar-refractivity contribution in [1.29, 1.82) is 0 Å². The van der Waals surface area contributed by atoms with Gasteiger partial charge in [0.25, 0.3) is 0 Å². The number of hydrogen-bond acceptors (Lipinski definition) is 8. The molecule has 0 amide bonds. The van der Waals surface area contributed by atoms with Crippen LogP contribution in [0.3, 0.4) is 0 Å². The zero-order chi connectivity index (χ0) is 32.4. The van der Waals surface area contributed by atoms with Crippen molar-refractivity contribution in [2.75, 3.05) is 24.6 Å². The van der Waals surface area contributed by atoms with E-state index in [2.05, 4.69) is 77.1 Å². The molecule has 0 fully saturated rings.